The van der Waals surface area contributed by atoms with Crippen molar-refractivity contribution >= 4 is 17.1 Å². The maximum atomic E-state index is 14.4. The van der Waals surface area contributed by atoms with Gasteiger partial charge in [0.2, 0.25) is 0 Å². The highest BCUT2D eigenvalue weighted by Crippen LogP contribution is 2.30. The fourth-order valence-electron chi connectivity index (χ4n) is 3.78. The predicted molar refractivity (Wildman–Crippen MR) is 123 cm³/mol. The molecule has 0 aliphatic heterocycles. The van der Waals surface area contributed by atoms with Gasteiger partial charge in [0.15, 0.2) is 0 Å². The molecule has 3 aromatic heterocycles. The van der Waals surface area contributed by atoms with Crippen molar-refractivity contribution in [1.29, 1.82) is 0 Å². The summed E-state index contributed by atoms with van der Waals surface area (Å²) in [6.45, 7) is 1.72. The molecule has 5 rings (SSSR count). The number of benzene rings is 2. The average Bonchev–Trinajstić information content (AvgIpc) is 3.26. The number of halogens is 3. The SMILES string of the molecule is Cc1ncc(-c2cccn3c(-c4cc(F)ccc4F)ncc23)cc1C(=O)Nc1ccc(F)cc1. The van der Waals surface area contributed by atoms with Gasteiger partial charge >= 0.3 is 0 Å². The standard InChI is InChI=1S/C26H17F3N4O/c1-15-21(26(34)32-19-7-4-17(27)5-8-19)11-16(13-30-15)20-3-2-10-33-24(20)14-31-25(33)22-12-18(28)6-9-23(22)29/h2-14H,1H3,(H,32,34). The zero-order valence-electron chi connectivity index (χ0n) is 17.9. The van der Waals surface area contributed by atoms with Crippen LogP contribution in [-0.2, 0) is 0 Å². The van der Waals surface area contributed by atoms with E-state index in [2.05, 4.69) is 15.3 Å². The molecule has 0 saturated heterocycles. The van der Waals surface area contributed by atoms with Crippen LogP contribution in [0.2, 0.25) is 0 Å². The molecule has 0 unspecified atom stereocenters. The normalized spacial score (nSPS) is 11.1. The third-order valence-electron chi connectivity index (χ3n) is 5.48. The number of amides is 1. The molecular formula is C26H17F3N4O. The zero-order chi connectivity index (χ0) is 23.8. The number of aryl methyl sites for hydroxylation is 1. The highest BCUT2D eigenvalue weighted by atomic mass is 19.1. The number of fused-ring (bicyclic) bond motifs is 1. The average molecular weight is 458 g/mol. The molecule has 168 valence electrons. The maximum Gasteiger partial charge on any atom is 0.257 e. The summed E-state index contributed by atoms with van der Waals surface area (Å²) in [5.74, 6) is -1.69. The highest BCUT2D eigenvalue weighted by molar-refractivity contribution is 6.05. The lowest BCUT2D eigenvalue weighted by Crippen LogP contribution is -2.14. The van der Waals surface area contributed by atoms with E-state index in [1.165, 1.54) is 24.3 Å². The van der Waals surface area contributed by atoms with Crippen molar-refractivity contribution in [2.75, 3.05) is 5.32 Å². The molecule has 0 atom stereocenters. The van der Waals surface area contributed by atoms with Crippen molar-refractivity contribution in [3.63, 3.8) is 0 Å². The second-order valence-corrected chi connectivity index (χ2v) is 7.70. The summed E-state index contributed by atoms with van der Waals surface area (Å²) in [7, 11) is 0. The molecule has 1 amide bonds. The van der Waals surface area contributed by atoms with Gasteiger partial charge < -0.3 is 5.32 Å². The van der Waals surface area contributed by atoms with Gasteiger partial charge in [-0.3, -0.25) is 14.2 Å². The third-order valence-corrected chi connectivity index (χ3v) is 5.48. The molecule has 0 bridgehead atoms. The van der Waals surface area contributed by atoms with E-state index in [4.69, 9.17) is 0 Å². The first kappa shape index (κ1) is 21.4. The molecule has 0 saturated carbocycles. The Bertz CT molecular complexity index is 1540. The van der Waals surface area contributed by atoms with Crippen LogP contribution in [0.4, 0.5) is 18.9 Å². The van der Waals surface area contributed by atoms with E-state index in [1.807, 2.05) is 6.07 Å². The van der Waals surface area contributed by atoms with Crippen molar-refractivity contribution in [1.82, 2.24) is 14.4 Å². The first-order valence-corrected chi connectivity index (χ1v) is 10.4. The van der Waals surface area contributed by atoms with Gasteiger partial charge in [-0.2, -0.15) is 0 Å². The Kier molecular flexibility index (Phi) is 5.33. The first-order valence-electron chi connectivity index (χ1n) is 10.4. The Labute approximate surface area is 192 Å². The molecular weight excluding hydrogens is 441 g/mol. The number of nitrogens with one attached hydrogen (secondary N) is 1. The van der Waals surface area contributed by atoms with Crippen molar-refractivity contribution < 1.29 is 18.0 Å². The van der Waals surface area contributed by atoms with Crippen LogP contribution in [0.5, 0.6) is 0 Å². The van der Waals surface area contributed by atoms with Gasteiger partial charge in [0, 0.05) is 29.2 Å². The van der Waals surface area contributed by atoms with Crippen LogP contribution in [0, 0.1) is 24.4 Å². The number of hydrogen-bond acceptors (Lipinski definition) is 3. The fraction of sp³-hybridized carbons (Fsp3) is 0.0385. The summed E-state index contributed by atoms with van der Waals surface area (Å²) in [6, 6.07) is 14.0. The molecule has 0 aliphatic carbocycles. The molecule has 5 aromatic rings. The molecule has 3 heterocycles. The monoisotopic (exact) mass is 458 g/mol. The number of imidazole rings is 1. The number of pyridine rings is 2. The van der Waals surface area contributed by atoms with E-state index < -0.39 is 17.5 Å². The Morgan fingerprint density at radius 2 is 1.65 bits per heavy atom. The second-order valence-electron chi connectivity index (χ2n) is 7.70. The zero-order valence-corrected chi connectivity index (χ0v) is 17.9. The number of carbonyl (C=O) groups is 1. The van der Waals surface area contributed by atoms with Gasteiger partial charge in [0.1, 0.15) is 23.3 Å². The topological polar surface area (TPSA) is 59.3 Å². The predicted octanol–water partition coefficient (Wildman–Crippen LogP) is 6.04. The van der Waals surface area contributed by atoms with Crippen molar-refractivity contribution in [2.24, 2.45) is 0 Å². The van der Waals surface area contributed by atoms with Gasteiger partial charge in [-0.1, -0.05) is 6.07 Å². The van der Waals surface area contributed by atoms with Crippen LogP contribution in [0.3, 0.4) is 0 Å². The van der Waals surface area contributed by atoms with Gasteiger partial charge in [0.25, 0.3) is 5.91 Å². The fourth-order valence-corrected chi connectivity index (χ4v) is 3.78. The van der Waals surface area contributed by atoms with Crippen LogP contribution >= 0.6 is 0 Å². The lowest BCUT2D eigenvalue weighted by molar-refractivity contribution is 0.102. The van der Waals surface area contributed by atoms with Crippen LogP contribution in [0.15, 0.2) is 79.3 Å². The summed E-state index contributed by atoms with van der Waals surface area (Å²) in [5.41, 5.74) is 3.35. The maximum absolute atomic E-state index is 14.4. The van der Waals surface area contributed by atoms with E-state index in [0.717, 1.165) is 18.2 Å². The molecule has 34 heavy (non-hydrogen) atoms. The Balaban J connectivity index is 1.55. The number of aromatic nitrogens is 3. The highest BCUT2D eigenvalue weighted by Gasteiger charge is 2.17. The summed E-state index contributed by atoms with van der Waals surface area (Å²) in [6.07, 6.45) is 4.90. The van der Waals surface area contributed by atoms with Gasteiger partial charge in [0.05, 0.1) is 28.5 Å². The quantitative estimate of drug-likeness (QED) is 0.357. The van der Waals surface area contributed by atoms with E-state index in [0.29, 0.717) is 33.6 Å². The number of carbonyl (C=O) groups excluding carboxylic acids is 1. The van der Waals surface area contributed by atoms with Gasteiger partial charge in [-0.15, -0.1) is 0 Å². The van der Waals surface area contributed by atoms with E-state index >= 15 is 0 Å². The van der Waals surface area contributed by atoms with Crippen LogP contribution < -0.4 is 5.32 Å². The third kappa shape index (κ3) is 3.90. The van der Waals surface area contributed by atoms with Gasteiger partial charge in [-0.25, -0.2) is 18.2 Å². The minimum absolute atomic E-state index is 0.0403. The van der Waals surface area contributed by atoms with Crippen LogP contribution in [0.1, 0.15) is 16.1 Å². The first-order chi connectivity index (χ1) is 16.4. The molecule has 0 aliphatic rings. The van der Waals surface area contributed by atoms with Gasteiger partial charge in [-0.05, 0) is 61.5 Å². The van der Waals surface area contributed by atoms with Crippen molar-refractivity contribution in [3.05, 3.63) is 108 Å². The summed E-state index contributed by atoms with van der Waals surface area (Å²) in [5, 5.41) is 2.74. The summed E-state index contributed by atoms with van der Waals surface area (Å²) < 4.78 is 42.9. The minimum Gasteiger partial charge on any atom is -0.322 e. The molecule has 0 spiro atoms. The van der Waals surface area contributed by atoms with Crippen molar-refractivity contribution in [2.45, 2.75) is 6.92 Å². The molecule has 8 heteroatoms. The minimum atomic E-state index is -0.587. The Hall–Kier alpha value is -4.46. The van der Waals surface area contributed by atoms with Crippen molar-refractivity contribution in [3.8, 4) is 22.5 Å². The number of nitrogens with zero attached hydrogens (tertiary/aromatic N) is 3. The number of rotatable bonds is 4. The summed E-state index contributed by atoms with van der Waals surface area (Å²) >= 11 is 0. The molecule has 1 N–H and O–H groups in total. The Morgan fingerprint density at radius 3 is 2.44 bits per heavy atom. The summed E-state index contributed by atoms with van der Waals surface area (Å²) in [4.78, 5) is 21.6. The van der Waals surface area contributed by atoms with Crippen LogP contribution in [0.25, 0.3) is 28.0 Å². The smallest absolute Gasteiger partial charge is 0.257 e. The molecule has 5 nitrogen and oxygen atoms in total. The number of anilines is 1. The second kappa shape index (κ2) is 8.47. The largest absolute Gasteiger partial charge is 0.322 e. The Morgan fingerprint density at radius 1 is 0.882 bits per heavy atom. The van der Waals surface area contributed by atoms with E-state index in [-0.39, 0.29) is 17.3 Å². The lowest BCUT2D eigenvalue weighted by atomic mass is 10.0. The van der Waals surface area contributed by atoms with E-state index in [1.54, 1.807) is 42.0 Å². The van der Waals surface area contributed by atoms with E-state index in [9.17, 15) is 18.0 Å². The lowest BCUT2D eigenvalue weighted by Gasteiger charge is -2.11. The van der Waals surface area contributed by atoms with Crippen LogP contribution in [-0.4, -0.2) is 20.3 Å². The number of hydrogen-bond donors (Lipinski definition) is 1. The molecule has 2 aromatic carbocycles. The molecule has 0 radical (unpaired) electrons. The molecule has 0 fully saturated rings.